The van der Waals surface area contributed by atoms with E-state index in [9.17, 15) is 0 Å². The molecule has 2 nitrogen and oxygen atoms in total. The maximum absolute atomic E-state index is 5.99. The molecule has 3 N–H and O–H groups in total. The zero-order valence-electron chi connectivity index (χ0n) is 10.5. The predicted octanol–water partition coefficient (Wildman–Crippen LogP) is 3.94. The minimum absolute atomic E-state index is 0.782. The summed E-state index contributed by atoms with van der Waals surface area (Å²) < 4.78 is 0. The maximum atomic E-state index is 5.99. The summed E-state index contributed by atoms with van der Waals surface area (Å²) in [5.41, 5.74) is 12.5. The number of aryl methyl sites for hydroxylation is 3. The van der Waals surface area contributed by atoms with Crippen LogP contribution in [0.15, 0.2) is 36.4 Å². The van der Waals surface area contributed by atoms with Gasteiger partial charge in [-0.2, -0.15) is 0 Å². The van der Waals surface area contributed by atoms with Gasteiger partial charge < -0.3 is 11.1 Å². The highest BCUT2D eigenvalue weighted by Gasteiger charge is 2.02. The molecule has 0 bridgehead atoms. The van der Waals surface area contributed by atoms with Gasteiger partial charge in [0.1, 0.15) is 0 Å². The molecule has 0 saturated carbocycles. The van der Waals surface area contributed by atoms with Crippen molar-refractivity contribution < 1.29 is 0 Å². The Balaban J connectivity index is 2.31. The molecule has 0 aliphatic carbocycles. The highest BCUT2D eigenvalue weighted by molar-refractivity contribution is 5.74. The number of benzene rings is 2. The zero-order valence-corrected chi connectivity index (χ0v) is 10.5. The Kier molecular flexibility index (Phi) is 3.05. The SMILES string of the molecule is Cc1ccc(Nc2ccc(C)cc2N)c(C)c1. The summed E-state index contributed by atoms with van der Waals surface area (Å²) in [5.74, 6) is 0. The van der Waals surface area contributed by atoms with E-state index >= 15 is 0 Å². The van der Waals surface area contributed by atoms with Crippen LogP contribution in [0.4, 0.5) is 17.1 Å². The molecular weight excluding hydrogens is 208 g/mol. The van der Waals surface area contributed by atoms with Gasteiger partial charge >= 0.3 is 0 Å². The summed E-state index contributed by atoms with van der Waals surface area (Å²) in [4.78, 5) is 0. The molecule has 0 spiro atoms. The van der Waals surface area contributed by atoms with E-state index in [2.05, 4.69) is 43.4 Å². The van der Waals surface area contributed by atoms with Crippen LogP contribution >= 0.6 is 0 Å². The standard InChI is InChI=1S/C15H18N2/c1-10-4-6-14(12(3)8-10)17-15-7-5-11(2)9-13(15)16/h4-9,17H,16H2,1-3H3. The molecule has 0 radical (unpaired) electrons. The first-order chi connectivity index (χ1) is 8.06. The first-order valence-corrected chi connectivity index (χ1v) is 5.76. The van der Waals surface area contributed by atoms with Crippen molar-refractivity contribution in [2.75, 3.05) is 11.1 Å². The fourth-order valence-electron chi connectivity index (χ4n) is 1.89. The van der Waals surface area contributed by atoms with Crippen LogP contribution in [0.25, 0.3) is 0 Å². The number of anilines is 3. The highest BCUT2D eigenvalue weighted by Crippen LogP contribution is 2.26. The third-order valence-corrected chi connectivity index (χ3v) is 2.86. The van der Waals surface area contributed by atoms with Gasteiger partial charge in [-0.25, -0.2) is 0 Å². The summed E-state index contributed by atoms with van der Waals surface area (Å²) in [5, 5.41) is 3.37. The molecule has 0 unspecified atom stereocenters. The molecule has 2 heteroatoms. The van der Waals surface area contributed by atoms with Crippen molar-refractivity contribution in [2.45, 2.75) is 20.8 Å². The van der Waals surface area contributed by atoms with Crippen LogP contribution in [-0.2, 0) is 0 Å². The van der Waals surface area contributed by atoms with Crippen molar-refractivity contribution in [3.63, 3.8) is 0 Å². The van der Waals surface area contributed by atoms with Crippen molar-refractivity contribution in [3.8, 4) is 0 Å². The number of hydrogen-bond donors (Lipinski definition) is 2. The molecule has 2 aromatic carbocycles. The quantitative estimate of drug-likeness (QED) is 0.761. The molecule has 17 heavy (non-hydrogen) atoms. The topological polar surface area (TPSA) is 38.0 Å². The van der Waals surface area contributed by atoms with Crippen LogP contribution in [-0.4, -0.2) is 0 Å². The van der Waals surface area contributed by atoms with E-state index in [1.165, 1.54) is 16.7 Å². The van der Waals surface area contributed by atoms with Crippen LogP contribution in [0.1, 0.15) is 16.7 Å². The van der Waals surface area contributed by atoms with Crippen molar-refractivity contribution >= 4 is 17.1 Å². The van der Waals surface area contributed by atoms with Crippen LogP contribution in [0.2, 0.25) is 0 Å². The third-order valence-electron chi connectivity index (χ3n) is 2.86. The summed E-state index contributed by atoms with van der Waals surface area (Å²) in [6.07, 6.45) is 0. The fourth-order valence-corrected chi connectivity index (χ4v) is 1.89. The van der Waals surface area contributed by atoms with Gasteiger partial charge in [-0.1, -0.05) is 23.8 Å². The Morgan fingerprint density at radius 1 is 0.824 bits per heavy atom. The highest BCUT2D eigenvalue weighted by atomic mass is 14.9. The summed E-state index contributed by atoms with van der Waals surface area (Å²) in [7, 11) is 0. The lowest BCUT2D eigenvalue weighted by molar-refractivity contribution is 1.36. The minimum Gasteiger partial charge on any atom is -0.397 e. The molecule has 0 amide bonds. The van der Waals surface area contributed by atoms with Gasteiger partial charge in [-0.05, 0) is 50.1 Å². The van der Waals surface area contributed by atoms with Gasteiger partial charge in [0.15, 0.2) is 0 Å². The molecule has 2 rings (SSSR count). The van der Waals surface area contributed by atoms with Crippen LogP contribution in [0.3, 0.4) is 0 Å². The summed E-state index contributed by atoms with van der Waals surface area (Å²) in [6.45, 7) is 6.23. The van der Waals surface area contributed by atoms with E-state index in [4.69, 9.17) is 5.73 Å². The molecule has 88 valence electrons. The normalized spacial score (nSPS) is 10.3. The van der Waals surface area contributed by atoms with Crippen LogP contribution < -0.4 is 11.1 Å². The van der Waals surface area contributed by atoms with E-state index in [-0.39, 0.29) is 0 Å². The van der Waals surface area contributed by atoms with E-state index < -0.39 is 0 Å². The molecule has 0 aromatic heterocycles. The Morgan fingerprint density at radius 3 is 2.00 bits per heavy atom. The largest absolute Gasteiger partial charge is 0.397 e. The molecule has 0 saturated heterocycles. The predicted molar refractivity (Wildman–Crippen MR) is 74.8 cm³/mol. The Bertz CT molecular complexity index is 495. The monoisotopic (exact) mass is 226 g/mol. The van der Waals surface area contributed by atoms with E-state index in [1.54, 1.807) is 0 Å². The van der Waals surface area contributed by atoms with Gasteiger partial charge in [0.25, 0.3) is 0 Å². The summed E-state index contributed by atoms with van der Waals surface area (Å²) >= 11 is 0. The van der Waals surface area contributed by atoms with Crippen molar-refractivity contribution in [1.29, 1.82) is 0 Å². The Hall–Kier alpha value is -1.96. The smallest absolute Gasteiger partial charge is 0.0618 e. The average molecular weight is 226 g/mol. The molecule has 0 fully saturated rings. The van der Waals surface area contributed by atoms with Crippen LogP contribution in [0, 0.1) is 20.8 Å². The molecule has 0 aliphatic heterocycles. The minimum atomic E-state index is 0.782. The van der Waals surface area contributed by atoms with Crippen molar-refractivity contribution in [1.82, 2.24) is 0 Å². The molecule has 2 aromatic rings. The molecule has 0 aliphatic rings. The second kappa shape index (κ2) is 4.50. The van der Waals surface area contributed by atoms with Crippen molar-refractivity contribution in [2.24, 2.45) is 0 Å². The first kappa shape index (κ1) is 11.5. The molecule has 0 atom stereocenters. The number of nitrogens with two attached hydrogens (primary N) is 1. The third kappa shape index (κ3) is 2.59. The number of rotatable bonds is 2. The number of hydrogen-bond acceptors (Lipinski definition) is 2. The maximum Gasteiger partial charge on any atom is 0.0618 e. The van der Waals surface area contributed by atoms with Gasteiger partial charge in [0, 0.05) is 5.69 Å². The van der Waals surface area contributed by atoms with Crippen molar-refractivity contribution in [3.05, 3.63) is 53.1 Å². The number of nitrogens with one attached hydrogen (secondary N) is 1. The Labute approximate surface area is 102 Å². The Morgan fingerprint density at radius 2 is 1.41 bits per heavy atom. The van der Waals surface area contributed by atoms with E-state index in [1.807, 2.05) is 19.1 Å². The molecular formula is C15H18N2. The lowest BCUT2D eigenvalue weighted by Gasteiger charge is -2.12. The summed E-state index contributed by atoms with van der Waals surface area (Å²) in [6, 6.07) is 12.4. The lowest BCUT2D eigenvalue weighted by Crippen LogP contribution is -1.98. The van der Waals surface area contributed by atoms with Crippen LogP contribution in [0.5, 0.6) is 0 Å². The van der Waals surface area contributed by atoms with Gasteiger partial charge in [0.2, 0.25) is 0 Å². The number of nitrogen functional groups attached to an aromatic ring is 1. The average Bonchev–Trinajstić information content (AvgIpc) is 2.25. The van der Waals surface area contributed by atoms with Gasteiger partial charge in [0.05, 0.1) is 11.4 Å². The first-order valence-electron chi connectivity index (χ1n) is 5.76. The second-order valence-electron chi connectivity index (χ2n) is 4.53. The lowest BCUT2D eigenvalue weighted by atomic mass is 10.1. The second-order valence-corrected chi connectivity index (χ2v) is 4.53. The fraction of sp³-hybridized carbons (Fsp3) is 0.200. The van der Waals surface area contributed by atoms with Gasteiger partial charge in [-0.3, -0.25) is 0 Å². The van der Waals surface area contributed by atoms with E-state index in [0.29, 0.717) is 0 Å². The zero-order chi connectivity index (χ0) is 12.4. The molecule has 0 heterocycles. The van der Waals surface area contributed by atoms with Gasteiger partial charge in [-0.15, -0.1) is 0 Å². The van der Waals surface area contributed by atoms with E-state index in [0.717, 1.165) is 17.1 Å².